The molecule has 764 valence electrons. The summed E-state index contributed by atoms with van der Waals surface area (Å²) in [5, 5.41) is 14.5. The monoisotopic (exact) mass is 2010 g/mol. The number of anilines is 10. The molecule has 7 aromatic rings. The molecule has 12 N–H and O–H groups in total. The molecule has 0 radical (unpaired) electrons. The van der Waals surface area contributed by atoms with Crippen molar-refractivity contribution in [2.24, 2.45) is 45.1 Å². The average molecular weight is 2010 g/mol. The molecule has 10 amide bonds. The Hall–Kier alpha value is -12.5. The number of hydrogen-bond donors (Lipinski definition) is 8. The van der Waals surface area contributed by atoms with E-state index in [0.29, 0.717) is 149 Å². The van der Waals surface area contributed by atoms with Gasteiger partial charge in [0.1, 0.15) is 49.9 Å². The normalized spacial score (nSPS) is 21.4. The van der Waals surface area contributed by atoms with Gasteiger partial charge in [0.25, 0.3) is 29.5 Å². The van der Waals surface area contributed by atoms with E-state index in [1.807, 2.05) is 97.5 Å². The van der Waals surface area contributed by atoms with Crippen molar-refractivity contribution in [1.82, 2.24) is 77.7 Å². The standard InChI is InChI=1S/C41H51N11O5S.C27H38N8O4S.C15H25NO5.C14H19N7OS/c1-25-19-34(58-47-25)46-37-35(36(42)54)44-22-32(45-37)50-13-2-3-29(24-50)51-18-12-41(40(51)57)10-16-48(17-11-41)23-26-8-14-49(15-9-26)27-4-6-30-31(20-27)39(56)52(38(30)55)28-5-7-33(53)43-21-28;1-17-14-20(40-32-17)31-23-21(22(28)36)29-15-19(30-23)34-10-5-6-18(16-34)35-13-9-27(24(35)37)7-11-33(12-8-27)25(38)39-26(2,3)4;1-5-20-12(18)15(8-11-17)6-9-16(10-7-15)13(19)21-14(2,3)4;1-8-5-11(23-20-8)19-14-12(13(16)22)17-6-10(18-14)21-4-2-3-9(15)7-21/h4,6,19-20,22,26,28-29H,2-3,5,7-18,21,23-24H2,1H3,(H2,42,54)(H,43,53)(H,45,46);14-15,18H,5-13,16H2,1-4H3,(H2,28,36)(H,30,31);11H,5-10H2,1-4H3;5-6,9H,2-4,7,15H2,1H3,(H2,16,22)(H,18,19). The number of carbonyl (C=O) groups excluding carboxylic acids is 12. The van der Waals surface area contributed by atoms with E-state index < -0.39 is 39.8 Å². The van der Waals surface area contributed by atoms with Crippen LogP contribution in [-0.2, 0) is 38.2 Å². The summed E-state index contributed by atoms with van der Waals surface area (Å²) in [7, 11) is 0. The fraction of sp³-hybridized carbons (Fsp3) is 0.598. The van der Waals surface area contributed by atoms with Crippen LogP contribution in [0.2, 0.25) is 0 Å². The SMILES string of the molecule is CCOC(=O)C1(CC=O)CCN(C(=O)OC(C)(C)C)CC1.Cc1cc(Nc2nc(N3CCCC(N)C3)cnc2C(N)=O)sn1.Cc1cc(Nc2nc(N3CCCC(N4CCC5(CCN(C(=O)OC(C)(C)C)CC5)C4=O)C3)cnc2C(N)=O)sn1.Cc1cc(Nc2nc(N3CCCC(N4CCC5(CCN(CC6CCN(c7ccc8c(c7)C(=O)N(C7CCC(=O)NC7)C8=O)CC6)CC5)C4=O)C3)cnc2C(N)=O)sn1. The predicted octanol–water partition coefficient (Wildman–Crippen LogP) is 9.63. The second-order valence-electron chi connectivity index (χ2n) is 40.9. The van der Waals surface area contributed by atoms with Crippen molar-refractivity contribution in [3.05, 3.63) is 100 Å². The Morgan fingerprint density at radius 2 is 0.930 bits per heavy atom. The highest BCUT2D eigenvalue weighted by atomic mass is 32.1. The highest BCUT2D eigenvalue weighted by molar-refractivity contribution is 7.10. The number of hydrogen-bond acceptors (Lipinski definition) is 36. The molecule has 10 fully saturated rings. The van der Waals surface area contributed by atoms with Gasteiger partial charge in [0.15, 0.2) is 34.5 Å². The van der Waals surface area contributed by atoms with Crippen molar-refractivity contribution < 1.29 is 71.7 Å². The van der Waals surface area contributed by atoms with Crippen molar-refractivity contribution in [3.8, 4) is 0 Å². The Labute approximate surface area is 838 Å². The summed E-state index contributed by atoms with van der Waals surface area (Å²) in [4.78, 5) is 196. The van der Waals surface area contributed by atoms with E-state index >= 15 is 0 Å². The van der Waals surface area contributed by atoms with Crippen LogP contribution in [0.3, 0.4) is 0 Å². The molecule has 11 aliphatic heterocycles. The summed E-state index contributed by atoms with van der Waals surface area (Å²) < 4.78 is 28.7. The fourth-order valence-corrected chi connectivity index (χ4v) is 22.8. The number of benzene rings is 1. The Balaban J connectivity index is 0.000000156. The number of nitrogens with two attached hydrogens (primary N) is 4. The Morgan fingerprint density at radius 3 is 1.33 bits per heavy atom. The number of aryl methyl sites for hydroxylation is 3. The maximum absolute atomic E-state index is 14.2. The van der Waals surface area contributed by atoms with Crippen molar-refractivity contribution >= 4 is 162 Å². The lowest BCUT2D eigenvalue weighted by Gasteiger charge is -2.42. The number of primary amides is 3. The van der Waals surface area contributed by atoms with E-state index in [4.69, 9.17) is 47.1 Å². The lowest BCUT2D eigenvalue weighted by molar-refractivity contribution is -0.159. The van der Waals surface area contributed by atoms with Crippen LogP contribution in [0.25, 0.3) is 0 Å². The molecular formula is C97H133N27O15S3. The van der Waals surface area contributed by atoms with E-state index in [-0.39, 0.29) is 101 Å². The first-order valence-electron chi connectivity index (χ1n) is 49.3. The van der Waals surface area contributed by atoms with Crippen molar-refractivity contribution in [3.63, 3.8) is 0 Å². The zero-order chi connectivity index (χ0) is 101. The Bertz CT molecular complexity index is 5780. The number of piperidine rings is 8. The second kappa shape index (κ2) is 44.6. The molecule has 2 spiro atoms. The highest BCUT2D eigenvalue weighted by Gasteiger charge is 2.54. The molecule has 18 rings (SSSR count). The van der Waals surface area contributed by atoms with E-state index in [9.17, 15) is 57.5 Å². The zero-order valence-corrected chi connectivity index (χ0v) is 85.1. The number of aromatic nitrogens is 9. The highest BCUT2D eigenvalue weighted by Crippen LogP contribution is 2.47. The van der Waals surface area contributed by atoms with Crippen LogP contribution in [0.5, 0.6) is 0 Å². The van der Waals surface area contributed by atoms with Crippen molar-refractivity contribution in [1.29, 1.82) is 0 Å². The van der Waals surface area contributed by atoms with Gasteiger partial charge in [-0.15, -0.1) is 0 Å². The lowest BCUT2D eigenvalue weighted by atomic mass is 9.76. The van der Waals surface area contributed by atoms with Crippen LogP contribution in [-0.4, -0.2) is 304 Å². The molecule has 11 aliphatic rings. The van der Waals surface area contributed by atoms with Gasteiger partial charge in [-0.05, 0) is 268 Å². The fourth-order valence-electron chi connectivity index (χ4n) is 20.8. The quantitative estimate of drug-likeness (QED) is 0.0135. The third kappa shape index (κ3) is 24.7. The van der Waals surface area contributed by atoms with Gasteiger partial charge in [0.2, 0.25) is 17.7 Å². The van der Waals surface area contributed by atoms with Crippen LogP contribution in [0.4, 0.5) is 65.2 Å². The molecule has 42 nitrogen and oxygen atoms in total. The van der Waals surface area contributed by atoms with E-state index in [1.54, 1.807) is 41.4 Å². The summed E-state index contributed by atoms with van der Waals surface area (Å²) in [6.07, 6.45) is 19.2. The largest absolute Gasteiger partial charge is 0.466 e. The number of amides is 10. The first-order valence-corrected chi connectivity index (χ1v) is 51.6. The number of nitrogens with one attached hydrogen (secondary N) is 4. The molecule has 10 saturated heterocycles. The maximum atomic E-state index is 14.2. The molecule has 0 saturated carbocycles. The summed E-state index contributed by atoms with van der Waals surface area (Å²) in [6.45, 7) is 31.5. The summed E-state index contributed by atoms with van der Waals surface area (Å²) >= 11 is 3.84. The number of fused-ring (bicyclic) bond motifs is 1. The minimum absolute atomic E-state index is 0.0434. The van der Waals surface area contributed by atoms with Gasteiger partial charge in [0, 0.05) is 141 Å². The topological polar surface area (TPSA) is 533 Å². The van der Waals surface area contributed by atoms with Gasteiger partial charge in [-0.2, -0.15) is 13.1 Å². The van der Waals surface area contributed by atoms with Crippen molar-refractivity contribution in [2.45, 2.75) is 227 Å². The number of rotatable bonds is 22. The van der Waals surface area contributed by atoms with Crippen LogP contribution in [0, 0.1) is 42.9 Å². The third-order valence-corrected chi connectivity index (χ3v) is 30.9. The summed E-state index contributed by atoms with van der Waals surface area (Å²) in [6, 6.07) is 11.2. The van der Waals surface area contributed by atoms with Crippen LogP contribution < -0.4 is 63.8 Å². The number of ether oxygens (including phenoxy) is 3. The summed E-state index contributed by atoms with van der Waals surface area (Å²) in [5.74, 6) is 1.11. The van der Waals surface area contributed by atoms with Crippen molar-refractivity contribution in [2.75, 3.05) is 160 Å². The minimum Gasteiger partial charge on any atom is -0.466 e. The van der Waals surface area contributed by atoms with Crippen LogP contribution >= 0.6 is 34.6 Å². The van der Waals surface area contributed by atoms with Gasteiger partial charge >= 0.3 is 18.2 Å². The number of likely N-dealkylation sites (tertiary alicyclic amines) is 5. The first kappa shape index (κ1) is 104. The molecule has 17 heterocycles. The maximum Gasteiger partial charge on any atom is 0.410 e. The number of aldehydes is 1. The summed E-state index contributed by atoms with van der Waals surface area (Å²) in [5.41, 5.74) is 24.8. The molecule has 4 unspecified atom stereocenters. The smallest absolute Gasteiger partial charge is 0.410 e. The number of imide groups is 1. The van der Waals surface area contributed by atoms with Crippen LogP contribution in [0.15, 0.2) is 55.0 Å². The number of nitrogens with zero attached hydrogens (tertiary/aromatic N) is 19. The number of esters is 1. The minimum atomic E-state index is -0.795. The number of carbonyl (C=O) groups is 12. The molecule has 142 heavy (non-hydrogen) atoms. The van der Waals surface area contributed by atoms with E-state index in [2.05, 4.69) is 83.7 Å². The van der Waals surface area contributed by atoms with Gasteiger partial charge in [-0.25, -0.2) is 39.5 Å². The molecule has 0 aliphatic carbocycles. The van der Waals surface area contributed by atoms with Gasteiger partial charge in [-0.1, -0.05) is 0 Å². The molecule has 1 aromatic carbocycles. The first-order chi connectivity index (χ1) is 67.7. The molecule has 6 aromatic heterocycles. The lowest BCUT2D eigenvalue weighted by Crippen LogP contribution is -2.52. The molecule has 0 bridgehead atoms. The predicted molar refractivity (Wildman–Crippen MR) is 537 cm³/mol. The second-order valence-corrected chi connectivity index (χ2v) is 43.3. The van der Waals surface area contributed by atoms with Gasteiger partial charge in [0.05, 0.1) is 75.7 Å². The molecular weight excluding hydrogens is 1880 g/mol. The Kier molecular flexibility index (Phi) is 32.6. The zero-order valence-electron chi connectivity index (χ0n) is 82.7. The van der Waals surface area contributed by atoms with Crippen LogP contribution in [0.1, 0.15) is 240 Å². The average Bonchev–Trinajstić information content (AvgIpc) is 1.60. The third-order valence-electron chi connectivity index (χ3n) is 28.5. The molecule has 45 heteroatoms. The van der Waals surface area contributed by atoms with Gasteiger partial charge in [-0.3, -0.25) is 48.1 Å². The molecule has 4 atom stereocenters. The van der Waals surface area contributed by atoms with E-state index in [1.165, 1.54) is 39.5 Å². The Morgan fingerprint density at radius 1 is 0.507 bits per heavy atom. The van der Waals surface area contributed by atoms with E-state index in [0.717, 1.165) is 187 Å². The van der Waals surface area contributed by atoms with Gasteiger partial charge < -0.3 is 107 Å².